The van der Waals surface area contributed by atoms with Crippen LogP contribution in [0.25, 0.3) is 0 Å². The second-order valence-corrected chi connectivity index (χ2v) is 6.39. The van der Waals surface area contributed by atoms with E-state index in [0.717, 1.165) is 12.0 Å². The third-order valence-electron chi connectivity index (χ3n) is 3.99. The number of fused-ring (bicyclic) bond motifs is 1. The van der Waals surface area contributed by atoms with E-state index in [-0.39, 0.29) is 18.1 Å². The Kier molecular flexibility index (Phi) is 4.81. The minimum atomic E-state index is -0.347. The Bertz CT molecular complexity index is 480. The molecule has 1 aliphatic carbocycles. The van der Waals surface area contributed by atoms with Crippen LogP contribution < -0.4 is 5.32 Å². The van der Waals surface area contributed by atoms with Gasteiger partial charge in [0.15, 0.2) is 0 Å². The minimum Gasteiger partial charge on any atom is -0.396 e. The van der Waals surface area contributed by atoms with Gasteiger partial charge < -0.3 is 10.4 Å². The molecule has 0 atom stereocenters. The lowest BCUT2D eigenvalue weighted by molar-refractivity contribution is -0.122. The number of hydrogen-bond acceptors (Lipinski definition) is 2. The van der Waals surface area contributed by atoms with E-state index in [1.165, 1.54) is 30.4 Å². The number of hydrogen-bond donors (Lipinski definition) is 2. The van der Waals surface area contributed by atoms with E-state index in [2.05, 4.69) is 23.5 Å². The SMILES string of the molecule is CC(C)(CCO)NC(=O)Cc1ccc2c(c1)CCCC2. The van der Waals surface area contributed by atoms with Gasteiger partial charge in [0.05, 0.1) is 6.42 Å². The van der Waals surface area contributed by atoms with Gasteiger partial charge in [-0.15, -0.1) is 0 Å². The van der Waals surface area contributed by atoms with E-state index in [9.17, 15) is 4.79 Å². The van der Waals surface area contributed by atoms with Crippen LogP contribution in [0.3, 0.4) is 0 Å². The quantitative estimate of drug-likeness (QED) is 0.867. The summed E-state index contributed by atoms with van der Waals surface area (Å²) in [5.74, 6) is 0.0270. The maximum Gasteiger partial charge on any atom is 0.224 e. The average Bonchev–Trinajstić information content (AvgIpc) is 2.37. The fourth-order valence-electron chi connectivity index (χ4n) is 2.85. The molecule has 0 saturated heterocycles. The topological polar surface area (TPSA) is 49.3 Å². The van der Waals surface area contributed by atoms with Gasteiger partial charge in [-0.2, -0.15) is 0 Å². The van der Waals surface area contributed by atoms with Crippen LogP contribution >= 0.6 is 0 Å². The van der Waals surface area contributed by atoms with E-state index in [1.54, 1.807) is 0 Å². The smallest absolute Gasteiger partial charge is 0.224 e. The Morgan fingerprint density at radius 2 is 1.95 bits per heavy atom. The standard InChI is InChI=1S/C17H25NO2/c1-17(2,9-10-19)18-16(20)12-13-7-8-14-5-3-4-6-15(14)11-13/h7-8,11,19H,3-6,9-10,12H2,1-2H3,(H,18,20). The fourth-order valence-corrected chi connectivity index (χ4v) is 2.85. The average molecular weight is 275 g/mol. The molecule has 0 radical (unpaired) electrons. The van der Waals surface area contributed by atoms with Crippen molar-refractivity contribution in [2.75, 3.05) is 6.61 Å². The Labute approximate surface area is 121 Å². The summed E-state index contributed by atoms with van der Waals surface area (Å²) in [6, 6.07) is 6.44. The van der Waals surface area contributed by atoms with Crippen molar-refractivity contribution >= 4 is 5.91 Å². The zero-order valence-electron chi connectivity index (χ0n) is 12.5. The molecule has 1 aromatic carbocycles. The highest BCUT2D eigenvalue weighted by molar-refractivity contribution is 5.79. The van der Waals surface area contributed by atoms with Crippen LogP contribution in [0.4, 0.5) is 0 Å². The summed E-state index contributed by atoms with van der Waals surface area (Å²) in [7, 11) is 0. The third-order valence-corrected chi connectivity index (χ3v) is 3.99. The van der Waals surface area contributed by atoms with E-state index in [1.807, 2.05) is 13.8 Å². The Hall–Kier alpha value is -1.35. The molecule has 2 N–H and O–H groups in total. The van der Waals surface area contributed by atoms with Crippen molar-refractivity contribution in [1.29, 1.82) is 0 Å². The van der Waals surface area contributed by atoms with Gasteiger partial charge >= 0.3 is 0 Å². The zero-order chi connectivity index (χ0) is 14.6. The highest BCUT2D eigenvalue weighted by Gasteiger charge is 2.20. The molecule has 110 valence electrons. The molecule has 0 saturated carbocycles. The molecule has 1 aliphatic rings. The number of aryl methyl sites for hydroxylation is 2. The molecular formula is C17H25NO2. The molecule has 0 spiro atoms. The largest absolute Gasteiger partial charge is 0.396 e. The van der Waals surface area contributed by atoms with Crippen LogP contribution in [0, 0.1) is 0 Å². The molecule has 3 heteroatoms. The van der Waals surface area contributed by atoms with Crippen molar-refractivity contribution in [1.82, 2.24) is 5.32 Å². The lowest BCUT2D eigenvalue weighted by Crippen LogP contribution is -2.44. The molecule has 0 fully saturated rings. The molecule has 0 heterocycles. The number of benzene rings is 1. The van der Waals surface area contributed by atoms with Crippen LogP contribution in [-0.2, 0) is 24.1 Å². The van der Waals surface area contributed by atoms with Gasteiger partial charge in [-0.3, -0.25) is 4.79 Å². The molecule has 0 bridgehead atoms. The van der Waals surface area contributed by atoms with Gasteiger partial charge in [-0.25, -0.2) is 0 Å². The lowest BCUT2D eigenvalue weighted by atomic mass is 9.90. The van der Waals surface area contributed by atoms with Gasteiger partial charge in [-0.05, 0) is 62.6 Å². The number of amides is 1. The Morgan fingerprint density at radius 3 is 2.65 bits per heavy atom. The minimum absolute atomic E-state index is 0.0270. The maximum atomic E-state index is 12.1. The number of aliphatic hydroxyl groups is 1. The number of nitrogens with one attached hydrogen (secondary N) is 1. The van der Waals surface area contributed by atoms with Crippen molar-refractivity contribution in [3.63, 3.8) is 0 Å². The first-order valence-electron chi connectivity index (χ1n) is 7.53. The van der Waals surface area contributed by atoms with Crippen molar-refractivity contribution < 1.29 is 9.90 Å². The lowest BCUT2D eigenvalue weighted by Gasteiger charge is -2.25. The van der Waals surface area contributed by atoms with E-state index in [4.69, 9.17) is 5.11 Å². The first-order valence-corrected chi connectivity index (χ1v) is 7.53. The molecule has 2 rings (SSSR count). The molecule has 3 nitrogen and oxygen atoms in total. The normalized spacial score (nSPS) is 14.8. The van der Waals surface area contributed by atoms with Gasteiger partial charge in [-0.1, -0.05) is 18.2 Å². The summed E-state index contributed by atoms with van der Waals surface area (Å²) in [4.78, 5) is 12.1. The van der Waals surface area contributed by atoms with Crippen LogP contribution in [-0.4, -0.2) is 23.2 Å². The summed E-state index contributed by atoms with van der Waals surface area (Å²) in [6.45, 7) is 3.97. The molecular weight excluding hydrogens is 250 g/mol. The predicted octanol–water partition coefficient (Wildman–Crippen LogP) is 2.39. The predicted molar refractivity (Wildman–Crippen MR) is 80.7 cm³/mol. The first-order chi connectivity index (χ1) is 9.50. The monoisotopic (exact) mass is 275 g/mol. The van der Waals surface area contributed by atoms with Crippen LogP contribution in [0.2, 0.25) is 0 Å². The second kappa shape index (κ2) is 6.40. The second-order valence-electron chi connectivity index (χ2n) is 6.39. The van der Waals surface area contributed by atoms with E-state index in [0.29, 0.717) is 12.8 Å². The van der Waals surface area contributed by atoms with Gasteiger partial charge in [0.2, 0.25) is 5.91 Å². The first kappa shape index (κ1) is 15.0. The van der Waals surface area contributed by atoms with Crippen molar-refractivity contribution in [3.8, 4) is 0 Å². The van der Waals surface area contributed by atoms with Gasteiger partial charge in [0.1, 0.15) is 0 Å². The van der Waals surface area contributed by atoms with E-state index < -0.39 is 0 Å². The van der Waals surface area contributed by atoms with Crippen LogP contribution in [0.1, 0.15) is 49.8 Å². The molecule has 0 aliphatic heterocycles. The van der Waals surface area contributed by atoms with Crippen molar-refractivity contribution in [2.24, 2.45) is 0 Å². The Balaban J connectivity index is 1.97. The molecule has 1 aromatic rings. The van der Waals surface area contributed by atoms with Crippen LogP contribution in [0.5, 0.6) is 0 Å². The van der Waals surface area contributed by atoms with Crippen LogP contribution in [0.15, 0.2) is 18.2 Å². The number of rotatable bonds is 5. The van der Waals surface area contributed by atoms with Gasteiger partial charge in [0, 0.05) is 12.1 Å². The Morgan fingerprint density at radius 1 is 1.25 bits per heavy atom. The summed E-state index contributed by atoms with van der Waals surface area (Å²) in [5.41, 5.74) is 3.60. The third kappa shape index (κ3) is 4.07. The number of aliphatic hydroxyl groups excluding tert-OH is 1. The number of carbonyl (C=O) groups is 1. The van der Waals surface area contributed by atoms with E-state index >= 15 is 0 Å². The highest BCUT2D eigenvalue weighted by Crippen LogP contribution is 2.22. The molecule has 0 unspecified atom stereocenters. The number of carbonyl (C=O) groups excluding carboxylic acids is 1. The molecule has 20 heavy (non-hydrogen) atoms. The highest BCUT2D eigenvalue weighted by atomic mass is 16.3. The summed E-state index contributed by atoms with van der Waals surface area (Å²) in [5, 5.41) is 12.0. The zero-order valence-corrected chi connectivity index (χ0v) is 12.5. The van der Waals surface area contributed by atoms with Gasteiger partial charge in [0.25, 0.3) is 0 Å². The van der Waals surface area contributed by atoms with Crippen molar-refractivity contribution in [2.45, 2.75) is 57.9 Å². The molecule has 1 amide bonds. The van der Waals surface area contributed by atoms with Crippen molar-refractivity contribution in [3.05, 3.63) is 34.9 Å². The summed E-state index contributed by atoms with van der Waals surface area (Å²) >= 11 is 0. The summed E-state index contributed by atoms with van der Waals surface area (Å²) < 4.78 is 0. The summed E-state index contributed by atoms with van der Waals surface area (Å²) in [6.07, 6.45) is 5.84. The molecule has 0 aromatic heterocycles. The fraction of sp³-hybridized carbons (Fsp3) is 0.588. The maximum absolute atomic E-state index is 12.1.